The highest BCUT2D eigenvalue weighted by Crippen LogP contribution is 2.63. The molecule has 3 nitrogen and oxygen atoms in total. The average molecular weight is 174 g/mol. The molecule has 0 radical (unpaired) electrons. The zero-order valence-corrected chi connectivity index (χ0v) is 7.00. The average Bonchev–Trinajstić information content (AvgIpc) is 2.42. The van der Waals surface area contributed by atoms with Crippen molar-refractivity contribution in [2.45, 2.75) is 24.4 Å². The maximum absolute atomic E-state index is 11.1. The largest absolute Gasteiger partial charge is 0.335 e. The van der Waals surface area contributed by atoms with Crippen LogP contribution in [0.5, 0.6) is 0 Å². The van der Waals surface area contributed by atoms with Gasteiger partial charge in [-0.3, -0.25) is 4.57 Å². The lowest BCUT2D eigenvalue weighted by Gasteiger charge is -2.24. The molecule has 2 aliphatic rings. The predicted octanol–water partition coefficient (Wildman–Crippen LogP) is 1.27. The third-order valence-corrected chi connectivity index (χ3v) is 4.54. The standard InChI is InChI=1S/C7H11O3P/c8-11(9,10)7-3-1-6(5-7)2-4-7/h1,3,6H,2,4-5H2,(H2,8,9,10). The van der Waals surface area contributed by atoms with E-state index >= 15 is 0 Å². The van der Waals surface area contributed by atoms with Crippen LogP contribution in [0.3, 0.4) is 0 Å². The van der Waals surface area contributed by atoms with Crippen molar-refractivity contribution in [3.05, 3.63) is 12.2 Å². The summed E-state index contributed by atoms with van der Waals surface area (Å²) in [4.78, 5) is 18.1. The second kappa shape index (κ2) is 1.98. The lowest BCUT2D eigenvalue weighted by atomic mass is 10.1. The van der Waals surface area contributed by atoms with Crippen LogP contribution in [0, 0.1) is 5.92 Å². The van der Waals surface area contributed by atoms with E-state index in [1.54, 1.807) is 6.08 Å². The molecular formula is C7H11O3P. The zero-order chi connectivity index (χ0) is 8.11. The van der Waals surface area contributed by atoms with Crippen molar-refractivity contribution in [1.82, 2.24) is 0 Å². The molecule has 2 atom stereocenters. The minimum absolute atomic E-state index is 0.433. The van der Waals surface area contributed by atoms with Crippen LogP contribution in [-0.4, -0.2) is 14.9 Å². The Bertz CT molecular complexity index is 254. The summed E-state index contributed by atoms with van der Waals surface area (Å²) in [5.74, 6) is 0.433. The van der Waals surface area contributed by atoms with E-state index in [1.165, 1.54) is 0 Å². The van der Waals surface area contributed by atoms with Crippen molar-refractivity contribution in [1.29, 1.82) is 0 Å². The van der Waals surface area contributed by atoms with Gasteiger partial charge < -0.3 is 9.79 Å². The molecule has 0 amide bonds. The van der Waals surface area contributed by atoms with Crippen molar-refractivity contribution < 1.29 is 14.4 Å². The third kappa shape index (κ3) is 0.919. The second-order valence-corrected chi connectivity index (χ2v) is 5.49. The molecule has 0 aromatic rings. The Kier molecular flexibility index (Phi) is 1.35. The van der Waals surface area contributed by atoms with Gasteiger partial charge >= 0.3 is 7.60 Å². The van der Waals surface area contributed by atoms with Gasteiger partial charge in [0.15, 0.2) is 0 Å². The first-order chi connectivity index (χ1) is 5.04. The lowest BCUT2D eigenvalue weighted by Crippen LogP contribution is -2.19. The Morgan fingerprint density at radius 3 is 2.45 bits per heavy atom. The number of hydrogen-bond donors (Lipinski definition) is 2. The Hall–Kier alpha value is -0.110. The Morgan fingerprint density at radius 2 is 2.27 bits per heavy atom. The molecule has 2 aliphatic carbocycles. The van der Waals surface area contributed by atoms with Gasteiger partial charge in [0.05, 0.1) is 5.16 Å². The first-order valence-electron chi connectivity index (χ1n) is 3.79. The van der Waals surface area contributed by atoms with E-state index in [2.05, 4.69) is 0 Å². The maximum Gasteiger partial charge on any atom is 0.335 e. The molecule has 0 aliphatic heterocycles. The molecule has 1 saturated carbocycles. The van der Waals surface area contributed by atoms with Crippen LogP contribution < -0.4 is 0 Å². The monoisotopic (exact) mass is 174 g/mol. The molecule has 62 valence electrons. The number of allylic oxidation sites excluding steroid dienone is 2. The van der Waals surface area contributed by atoms with E-state index in [1.807, 2.05) is 6.08 Å². The number of fused-ring (bicyclic) bond motifs is 2. The topological polar surface area (TPSA) is 57.5 Å². The van der Waals surface area contributed by atoms with E-state index in [0.717, 1.165) is 6.42 Å². The van der Waals surface area contributed by atoms with E-state index in [0.29, 0.717) is 18.8 Å². The normalized spacial score (nSPS) is 41.8. The summed E-state index contributed by atoms with van der Waals surface area (Å²) in [6.07, 6.45) is 5.95. The van der Waals surface area contributed by atoms with Gasteiger partial charge in [-0.15, -0.1) is 0 Å². The first kappa shape index (κ1) is 7.53. The quantitative estimate of drug-likeness (QED) is 0.465. The Labute approximate surface area is 65.3 Å². The van der Waals surface area contributed by atoms with Crippen molar-refractivity contribution in [3.63, 3.8) is 0 Å². The molecule has 2 rings (SSSR count). The summed E-state index contributed by atoms with van der Waals surface area (Å²) in [6.45, 7) is 0. The fourth-order valence-electron chi connectivity index (χ4n) is 2.09. The first-order valence-corrected chi connectivity index (χ1v) is 5.40. The highest BCUT2D eigenvalue weighted by molar-refractivity contribution is 7.53. The minimum Gasteiger partial charge on any atom is -0.324 e. The molecule has 2 unspecified atom stereocenters. The van der Waals surface area contributed by atoms with Gasteiger partial charge in [-0.2, -0.15) is 0 Å². The van der Waals surface area contributed by atoms with Crippen LogP contribution in [-0.2, 0) is 4.57 Å². The van der Waals surface area contributed by atoms with Gasteiger partial charge in [-0.1, -0.05) is 12.2 Å². The maximum atomic E-state index is 11.1. The van der Waals surface area contributed by atoms with Crippen LogP contribution in [0.1, 0.15) is 19.3 Å². The summed E-state index contributed by atoms with van der Waals surface area (Å²) in [5.41, 5.74) is 0. The Morgan fingerprint density at radius 1 is 1.55 bits per heavy atom. The van der Waals surface area contributed by atoms with Crippen molar-refractivity contribution >= 4 is 7.60 Å². The number of rotatable bonds is 1. The zero-order valence-electron chi connectivity index (χ0n) is 6.10. The third-order valence-electron chi connectivity index (χ3n) is 2.82. The van der Waals surface area contributed by atoms with Crippen LogP contribution >= 0.6 is 7.60 Å². The van der Waals surface area contributed by atoms with Gasteiger partial charge in [0.25, 0.3) is 0 Å². The molecule has 0 heterocycles. The lowest BCUT2D eigenvalue weighted by molar-refractivity contribution is 0.341. The van der Waals surface area contributed by atoms with E-state index < -0.39 is 12.8 Å². The van der Waals surface area contributed by atoms with E-state index in [9.17, 15) is 4.57 Å². The fraction of sp³-hybridized carbons (Fsp3) is 0.714. The summed E-state index contributed by atoms with van der Waals surface area (Å²) < 4.78 is 11.1. The van der Waals surface area contributed by atoms with Crippen LogP contribution in [0.4, 0.5) is 0 Å². The van der Waals surface area contributed by atoms with Crippen LogP contribution in [0.2, 0.25) is 0 Å². The molecule has 0 saturated heterocycles. The molecule has 0 spiro atoms. The summed E-state index contributed by atoms with van der Waals surface area (Å²) >= 11 is 0. The predicted molar refractivity (Wildman–Crippen MR) is 41.3 cm³/mol. The SMILES string of the molecule is O=P(O)(O)C12C=CC(CC1)C2. The van der Waals surface area contributed by atoms with Crippen molar-refractivity contribution in [2.75, 3.05) is 0 Å². The molecule has 2 N–H and O–H groups in total. The molecule has 4 heteroatoms. The molecule has 0 aromatic heterocycles. The van der Waals surface area contributed by atoms with Crippen LogP contribution in [0.15, 0.2) is 12.2 Å². The molecule has 11 heavy (non-hydrogen) atoms. The summed E-state index contributed by atoms with van der Waals surface area (Å²) in [7, 11) is -3.89. The summed E-state index contributed by atoms with van der Waals surface area (Å²) in [6, 6.07) is 0. The van der Waals surface area contributed by atoms with E-state index in [4.69, 9.17) is 9.79 Å². The van der Waals surface area contributed by atoms with Gasteiger partial charge in [-0.25, -0.2) is 0 Å². The smallest absolute Gasteiger partial charge is 0.324 e. The fourth-order valence-corrected chi connectivity index (χ4v) is 3.26. The highest BCUT2D eigenvalue weighted by Gasteiger charge is 2.52. The molecule has 1 fully saturated rings. The molecular weight excluding hydrogens is 163 g/mol. The van der Waals surface area contributed by atoms with Gasteiger partial charge in [-0.05, 0) is 25.2 Å². The van der Waals surface area contributed by atoms with Gasteiger partial charge in [0.2, 0.25) is 0 Å². The Balaban J connectivity index is 2.38. The van der Waals surface area contributed by atoms with Gasteiger partial charge in [0.1, 0.15) is 0 Å². The van der Waals surface area contributed by atoms with Crippen molar-refractivity contribution in [3.8, 4) is 0 Å². The molecule has 2 bridgehead atoms. The minimum atomic E-state index is -3.89. The molecule has 0 aromatic carbocycles. The number of hydrogen-bond acceptors (Lipinski definition) is 1. The highest BCUT2D eigenvalue weighted by atomic mass is 31.2. The van der Waals surface area contributed by atoms with Crippen LogP contribution in [0.25, 0.3) is 0 Å². The van der Waals surface area contributed by atoms with Crippen molar-refractivity contribution in [2.24, 2.45) is 5.92 Å². The summed E-state index contributed by atoms with van der Waals surface area (Å²) in [5, 5.41) is -0.766. The second-order valence-electron chi connectivity index (χ2n) is 3.51. The van der Waals surface area contributed by atoms with E-state index in [-0.39, 0.29) is 0 Å². The van der Waals surface area contributed by atoms with Gasteiger partial charge in [0, 0.05) is 0 Å².